The fourth-order valence-electron chi connectivity index (χ4n) is 1.94. The second-order valence-corrected chi connectivity index (χ2v) is 5.13. The molecular formula is C14H13ClN6O. The average Bonchev–Trinajstić information content (AvgIpc) is 3.09. The predicted octanol–water partition coefficient (Wildman–Crippen LogP) is 2.06. The molecule has 7 nitrogen and oxygen atoms in total. The molecule has 8 heteroatoms. The lowest BCUT2D eigenvalue weighted by Gasteiger charge is -2.03. The lowest BCUT2D eigenvalue weighted by molar-refractivity contribution is -0.116. The van der Waals surface area contributed by atoms with Crippen LogP contribution in [0.5, 0.6) is 0 Å². The van der Waals surface area contributed by atoms with Gasteiger partial charge in [-0.25, -0.2) is 9.67 Å². The van der Waals surface area contributed by atoms with Crippen molar-refractivity contribution in [3.8, 4) is 5.82 Å². The van der Waals surface area contributed by atoms with Gasteiger partial charge in [-0.05, 0) is 24.6 Å². The predicted molar refractivity (Wildman–Crippen MR) is 82.0 cm³/mol. The second kappa shape index (κ2) is 5.98. The molecule has 0 aliphatic rings. The van der Waals surface area contributed by atoms with Crippen molar-refractivity contribution in [2.75, 3.05) is 5.32 Å². The van der Waals surface area contributed by atoms with Gasteiger partial charge in [-0.15, -0.1) is 5.10 Å². The Morgan fingerprint density at radius 1 is 1.41 bits per heavy atom. The van der Waals surface area contributed by atoms with E-state index in [1.807, 2.05) is 6.92 Å². The van der Waals surface area contributed by atoms with E-state index in [0.717, 1.165) is 5.56 Å². The standard InChI is InChI=1S/C14H13ClN6O/c1-10-7-17-20(8-10)9-13(22)18-12-4-6-21(19-12)14-11(15)3-2-5-16-14/h2-8H,9H2,1H3,(H,18,19,22). The largest absolute Gasteiger partial charge is 0.308 e. The molecule has 112 valence electrons. The van der Waals surface area contributed by atoms with Gasteiger partial charge in [-0.1, -0.05) is 11.6 Å². The number of aryl methyl sites for hydroxylation is 1. The van der Waals surface area contributed by atoms with Crippen LogP contribution in [0.25, 0.3) is 5.82 Å². The minimum Gasteiger partial charge on any atom is -0.308 e. The smallest absolute Gasteiger partial charge is 0.247 e. The molecule has 1 amide bonds. The van der Waals surface area contributed by atoms with Crippen LogP contribution in [0.1, 0.15) is 5.56 Å². The molecule has 1 N–H and O–H groups in total. The van der Waals surface area contributed by atoms with Crippen LogP contribution in [-0.4, -0.2) is 30.5 Å². The Balaban J connectivity index is 1.69. The van der Waals surface area contributed by atoms with Crippen molar-refractivity contribution in [2.24, 2.45) is 0 Å². The molecule has 0 atom stereocenters. The minimum atomic E-state index is -0.208. The molecule has 0 bridgehead atoms. The Bertz CT molecular complexity index is 809. The molecule has 0 radical (unpaired) electrons. The van der Waals surface area contributed by atoms with Crippen molar-refractivity contribution < 1.29 is 4.79 Å². The van der Waals surface area contributed by atoms with Gasteiger partial charge in [0.15, 0.2) is 11.6 Å². The van der Waals surface area contributed by atoms with Crippen molar-refractivity contribution >= 4 is 23.3 Å². The number of hydrogen-bond acceptors (Lipinski definition) is 4. The van der Waals surface area contributed by atoms with Crippen LogP contribution in [-0.2, 0) is 11.3 Å². The van der Waals surface area contributed by atoms with Gasteiger partial charge in [0.25, 0.3) is 0 Å². The maximum Gasteiger partial charge on any atom is 0.247 e. The monoisotopic (exact) mass is 316 g/mol. The zero-order chi connectivity index (χ0) is 15.5. The van der Waals surface area contributed by atoms with Gasteiger partial charge < -0.3 is 5.32 Å². The second-order valence-electron chi connectivity index (χ2n) is 4.72. The Morgan fingerprint density at radius 3 is 3.00 bits per heavy atom. The summed E-state index contributed by atoms with van der Waals surface area (Å²) in [5.41, 5.74) is 1.00. The lowest BCUT2D eigenvalue weighted by atomic mass is 10.4. The van der Waals surface area contributed by atoms with Crippen molar-refractivity contribution in [1.82, 2.24) is 24.5 Å². The highest BCUT2D eigenvalue weighted by atomic mass is 35.5. The fourth-order valence-corrected chi connectivity index (χ4v) is 2.15. The van der Waals surface area contributed by atoms with Crippen LogP contribution in [0.2, 0.25) is 5.02 Å². The molecular weight excluding hydrogens is 304 g/mol. The summed E-state index contributed by atoms with van der Waals surface area (Å²) in [6.45, 7) is 2.05. The highest BCUT2D eigenvalue weighted by Crippen LogP contribution is 2.17. The first kappa shape index (κ1) is 14.3. The van der Waals surface area contributed by atoms with Gasteiger partial charge in [0.1, 0.15) is 6.54 Å². The first-order valence-corrected chi connectivity index (χ1v) is 6.95. The Morgan fingerprint density at radius 2 is 2.27 bits per heavy atom. The Kier molecular flexibility index (Phi) is 3.88. The maximum absolute atomic E-state index is 11.9. The highest BCUT2D eigenvalue weighted by molar-refractivity contribution is 6.32. The van der Waals surface area contributed by atoms with Gasteiger partial charge in [-0.3, -0.25) is 9.48 Å². The number of nitrogens with zero attached hydrogens (tertiary/aromatic N) is 5. The van der Waals surface area contributed by atoms with Gasteiger partial charge >= 0.3 is 0 Å². The molecule has 0 aromatic carbocycles. The molecule has 0 unspecified atom stereocenters. The third-order valence-electron chi connectivity index (χ3n) is 2.88. The van der Waals surface area contributed by atoms with E-state index >= 15 is 0 Å². The van der Waals surface area contributed by atoms with Gasteiger partial charge in [-0.2, -0.15) is 5.10 Å². The number of pyridine rings is 1. The summed E-state index contributed by atoms with van der Waals surface area (Å²) < 4.78 is 3.08. The number of anilines is 1. The lowest BCUT2D eigenvalue weighted by Crippen LogP contribution is -2.19. The molecule has 3 aromatic heterocycles. The molecule has 22 heavy (non-hydrogen) atoms. The molecule has 0 fully saturated rings. The van der Waals surface area contributed by atoms with Gasteiger partial charge in [0, 0.05) is 24.7 Å². The van der Waals surface area contributed by atoms with Crippen molar-refractivity contribution in [1.29, 1.82) is 0 Å². The number of hydrogen-bond donors (Lipinski definition) is 1. The van der Waals surface area contributed by atoms with Crippen molar-refractivity contribution in [2.45, 2.75) is 13.5 Å². The van der Waals surface area contributed by atoms with E-state index in [4.69, 9.17) is 11.6 Å². The molecule has 0 aliphatic carbocycles. The quantitative estimate of drug-likeness (QED) is 0.799. The average molecular weight is 317 g/mol. The summed E-state index contributed by atoms with van der Waals surface area (Å²) in [4.78, 5) is 16.1. The Hall–Kier alpha value is -2.67. The molecule has 0 aliphatic heterocycles. The topological polar surface area (TPSA) is 77.6 Å². The first-order valence-electron chi connectivity index (χ1n) is 6.57. The van der Waals surface area contributed by atoms with Crippen LogP contribution in [0.3, 0.4) is 0 Å². The van der Waals surface area contributed by atoms with Crippen LogP contribution in [0.4, 0.5) is 5.82 Å². The number of carbonyl (C=O) groups is 1. The number of rotatable bonds is 4. The number of halogens is 1. The van der Waals surface area contributed by atoms with Crippen molar-refractivity contribution in [3.63, 3.8) is 0 Å². The first-order chi connectivity index (χ1) is 10.6. The molecule has 3 rings (SSSR count). The zero-order valence-electron chi connectivity index (χ0n) is 11.8. The van der Waals surface area contributed by atoms with Crippen LogP contribution in [0.15, 0.2) is 43.0 Å². The third-order valence-corrected chi connectivity index (χ3v) is 3.18. The zero-order valence-corrected chi connectivity index (χ0v) is 12.5. The van der Waals surface area contributed by atoms with Crippen LogP contribution in [0, 0.1) is 6.92 Å². The summed E-state index contributed by atoms with van der Waals surface area (Å²) >= 11 is 6.06. The van der Waals surface area contributed by atoms with E-state index in [1.54, 1.807) is 47.7 Å². The summed E-state index contributed by atoms with van der Waals surface area (Å²) in [6.07, 6.45) is 6.81. The number of aromatic nitrogens is 5. The van der Waals surface area contributed by atoms with Gasteiger partial charge in [0.05, 0.1) is 11.2 Å². The summed E-state index contributed by atoms with van der Waals surface area (Å²) in [5, 5.41) is 11.5. The van der Waals surface area contributed by atoms with Gasteiger partial charge in [0.2, 0.25) is 5.91 Å². The van der Waals surface area contributed by atoms with E-state index in [1.165, 1.54) is 4.68 Å². The molecule has 0 saturated carbocycles. The highest BCUT2D eigenvalue weighted by Gasteiger charge is 2.09. The number of carbonyl (C=O) groups excluding carboxylic acids is 1. The Labute approximate surface area is 131 Å². The van der Waals surface area contributed by atoms with E-state index in [2.05, 4.69) is 20.5 Å². The van der Waals surface area contributed by atoms with Crippen LogP contribution < -0.4 is 5.32 Å². The SMILES string of the molecule is Cc1cnn(CC(=O)Nc2ccn(-c3ncccc3Cl)n2)c1. The molecule has 3 heterocycles. The molecule has 0 spiro atoms. The van der Waals surface area contributed by atoms with E-state index in [9.17, 15) is 4.79 Å². The number of nitrogens with one attached hydrogen (secondary N) is 1. The number of amides is 1. The summed E-state index contributed by atoms with van der Waals surface area (Å²) in [6, 6.07) is 5.14. The molecule has 0 saturated heterocycles. The minimum absolute atomic E-state index is 0.130. The maximum atomic E-state index is 11.9. The van der Waals surface area contributed by atoms with E-state index < -0.39 is 0 Å². The molecule has 3 aromatic rings. The summed E-state index contributed by atoms with van der Waals surface area (Å²) in [7, 11) is 0. The third kappa shape index (κ3) is 3.15. The normalized spacial score (nSPS) is 10.6. The summed E-state index contributed by atoms with van der Waals surface area (Å²) in [5.74, 6) is 0.725. The van der Waals surface area contributed by atoms with Crippen molar-refractivity contribution in [3.05, 3.63) is 53.6 Å². The van der Waals surface area contributed by atoms with Crippen LogP contribution >= 0.6 is 11.6 Å². The fraction of sp³-hybridized carbons (Fsp3) is 0.143. The van der Waals surface area contributed by atoms with E-state index in [0.29, 0.717) is 16.7 Å². The van der Waals surface area contributed by atoms with E-state index in [-0.39, 0.29) is 12.5 Å².